The summed E-state index contributed by atoms with van der Waals surface area (Å²) < 4.78 is 28.3. The molecule has 5 rings (SSSR count). The van der Waals surface area contributed by atoms with Crippen LogP contribution in [0.1, 0.15) is 57.4 Å². The first-order valence-electron chi connectivity index (χ1n) is 11.7. The van der Waals surface area contributed by atoms with Crippen molar-refractivity contribution in [2.45, 2.75) is 75.3 Å². The Morgan fingerprint density at radius 2 is 1.67 bits per heavy atom. The van der Waals surface area contributed by atoms with E-state index in [1.807, 2.05) is 17.0 Å². The molecule has 2 saturated carbocycles. The number of nitrogens with zero attached hydrogens (tertiary/aromatic N) is 3. The summed E-state index contributed by atoms with van der Waals surface area (Å²) >= 11 is 0. The average Bonchev–Trinajstić information content (AvgIpc) is 3.33. The fourth-order valence-electron chi connectivity index (χ4n) is 5.68. The molecule has 30 heavy (non-hydrogen) atoms. The highest BCUT2D eigenvalue weighted by atomic mass is 32.2. The molecule has 0 aromatic heterocycles. The van der Waals surface area contributed by atoms with Gasteiger partial charge < -0.3 is 4.90 Å². The van der Waals surface area contributed by atoms with Crippen LogP contribution >= 0.6 is 0 Å². The van der Waals surface area contributed by atoms with Crippen LogP contribution in [0, 0.1) is 5.92 Å². The van der Waals surface area contributed by atoms with Crippen molar-refractivity contribution < 1.29 is 13.2 Å². The molecule has 4 aliphatic rings. The van der Waals surface area contributed by atoms with E-state index in [1.54, 1.807) is 10.4 Å². The van der Waals surface area contributed by atoms with Crippen molar-refractivity contribution >= 4 is 21.6 Å². The number of amides is 1. The Bertz CT molecular complexity index is 914. The molecule has 0 bridgehead atoms. The number of rotatable bonds is 4. The Morgan fingerprint density at radius 3 is 2.30 bits per heavy atom. The van der Waals surface area contributed by atoms with Crippen molar-refractivity contribution in [3.05, 3.63) is 23.8 Å². The number of anilines is 1. The minimum absolute atomic E-state index is 0.0982. The van der Waals surface area contributed by atoms with Crippen molar-refractivity contribution in [2.24, 2.45) is 5.92 Å². The van der Waals surface area contributed by atoms with Gasteiger partial charge in [-0.2, -0.15) is 4.31 Å². The summed E-state index contributed by atoms with van der Waals surface area (Å²) in [4.78, 5) is 17.6. The fraction of sp³-hybridized carbons (Fsp3) is 0.696. The minimum Gasteiger partial charge on any atom is -0.309 e. The van der Waals surface area contributed by atoms with Crippen LogP contribution in [0.5, 0.6) is 0 Å². The molecule has 2 heterocycles. The maximum Gasteiger partial charge on any atom is 0.243 e. The number of piperazine rings is 1. The molecule has 3 fully saturated rings. The van der Waals surface area contributed by atoms with E-state index < -0.39 is 10.0 Å². The minimum atomic E-state index is -3.49. The Labute approximate surface area is 180 Å². The van der Waals surface area contributed by atoms with Gasteiger partial charge in [-0.15, -0.1) is 0 Å². The summed E-state index contributed by atoms with van der Waals surface area (Å²) in [6, 6.07) is 6.13. The molecular formula is C23H33N3O3S. The monoisotopic (exact) mass is 431 g/mol. The quantitative estimate of drug-likeness (QED) is 0.735. The normalized spacial score (nSPS) is 26.7. The molecular weight excluding hydrogens is 398 g/mol. The van der Waals surface area contributed by atoms with Crippen molar-refractivity contribution in [2.75, 3.05) is 31.1 Å². The molecule has 1 aromatic carbocycles. The lowest BCUT2D eigenvalue weighted by Crippen LogP contribution is -2.51. The van der Waals surface area contributed by atoms with Gasteiger partial charge in [0, 0.05) is 49.9 Å². The summed E-state index contributed by atoms with van der Waals surface area (Å²) in [5.74, 6) is 0.365. The van der Waals surface area contributed by atoms with Crippen LogP contribution in [0.4, 0.5) is 5.69 Å². The molecule has 0 spiro atoms. The fourth-order valence-corrected chi connectivity index (χ4v) is 7.16. The van der Waals surface area contributed by atoms with Gasteiger partial charge in [0.1, 0.15) is 0 Å². The zero-order valence-corrected chi connectivity index (χ0v) is 18.7. The molecule has 1 aromatic rings. The molecule has 2 aliphatic heterocycles. The summed E-state index contributed by atoms with van der Waals surface area (Å²) in [5.41, 5.74) is 1.89. The third-order valence-corrected chi connectivity index (χ3v) is 9.61. The number of carbonyl (C=O) groups excluding carboxylic acids is 1. The lowest BCUT2D eigenvalue weighted by molar-refractivity contribution is -0.125. The van der Waals surface area contributed by atoms with Gasteiger partial charge in [-0.05, 0) is 62.8 Å². The van der Waals surface area contributed by atoms with Crippen LogP contribution in [0.3, 0.4) is 0 Å². The molecule has 7 heteroatoms. The van der Waals surface area contributed by atoms with Crippen molar-refractivity contribution in [3.63, 3.8) is 0 Å². The number of hydrogen-bond donors (Lipinski definition) is 0. The maximum absolute atomic E-state index is 13.3. The zero-order chi connectivity index (χ0) is 20.9. The lowest BCUT2D eigenvalue weighted by atomic mass is 9.84. The standard InChI is InChI=1S/C23H33N3O3S/c1-17-15-19-16-21(9-10-22(19)26(17)23(27)18-5-4-6-18)30(28,29)25-13-11-24(12-14-25)20-7-2-3-8-20/h9-10,16-18,20H,2-8,11-15H2,1H3/t17-/m0/s1. The lowest BCUT2D eigenvalue weighted by Gasteiger charge is -2.37. The van der Waals surface area contributed by atoms with E-state index in [4.69, 9.17) is 0 Å². The SMILES string of the molecule is C[C@H]1Cc2cc(S(=O)(=O)N3CCN(C4CCCC4)CC3)ccc2N1C(=O)C1CCC1. The van der Waals surface area contributed by atoms with Crippen molar-refractivity contribution in [3.8, 4) is 0 Å². The highest BCUT2D eigenvalue weighted by molar-refractivity contribution is 7.89. The number of carbonyl (C=O) groups is 1. The van der Waals surface area contributed by atoms with Crippen molar-refractivity contribution in [1.82, 2.24) is 9.21 Å². The smallest absolute Gasteiger partial charge is 0.243 e. The van der Waals surface area contributed by atoms with Gasteiger partial charge in [0.2, 0.25) is 15.9 Å². The predicted octanol–water partition coefficient (Wildman–Crippen LogP) is 3.01. The Morgan fingerprint density at radius 1 is 0.967 bits per heavy atom. The van der Waals surface area contributed by atoms with E-state index in [0.29, 0.717) is 24.0 Å². The number of hydrogen-bond acceptors (Lipinski definition) is 4. The summed E-state index contributed by atoms with van der Waals surface area (Å²) in [7, 11) is -3.49. The first-order chi connectivity index (χ1) is 14.4. The molecule has 6 nitrogen and oxygen atoms in total. The Balaban J connectivity index is 1.31. The number of sulfonamides is 1. The third-order valence-electron chi connectivity index (χ3n) is 7.71. The van der Waals surface area contributed by atoms with Crippen LogP contribution < -0.4 is 4.90 Å². The Kier molecular flexibility index (Phi) is 5.40. The molecule has 1 saturated heterocycles. The van der Waals surface area contributed by atoms with E-state index in [0.717, 1.165) is 50.0 Å². The Hall–Kier alpha value is -1.44. The van der Waals surface area contributed by atoms with Crippen LogP contribution in [0.2, 0.25) is 0 Å². The number of fused-ring (bicyclic) bond motifs is 1. The second-order valence-corrected chi connectivity index (χ2v) is 11.5. The van der Waals surface area contributed by atoms with E-state index in [2.05, 4.69) is 11.8 Å². The number of benzene rings is 1. The highest BCUT2D eigenvalue weighted by Gasteiger charge is 2.38. The van der Waals surface area contributed by atoms with Crippen LogP contribution in [-0.4, -0.2) is 61.8 Å². The molecule has 0 unspecified atom stereocenters. The topological polar surface area (TPSA) is 60.9 Å². The van der Waals surface area contributed by atoms with Gasteiger partial charge >= 0.3 is 0 Å². The van der Waals surface area contributed by atoms with E-state index in [-0.39, 0.29) is 17.9 Å². The zero-order valence-electron chi connectivity index (χ0n) is 17.9. The summed E-state index contributed by atoms with van der Waals surface area (Å²) in [5, 5.41) is 0. The first-order valence-corrected chi connectivity index (χ1v) is 13.1. The molecule has 0 radical (unpaired) electrons. The van der Waals surface area contributed by atoms with Gasteiger partial charge in [-0.3, -0.25) is 9.69 Å². The van der Waals surface area contributed by atoms with E-state index in [1.165, 1.54) is 25.7 Å². The molecule has 1 amide bonds. The van der Waals surface area contributed by atoms with Crippen LogP contribution in [0.15, 0.2) is 23.1 Å². The third kappa shape index (κ3) is 3.49. The second-order valence-electron chi connectivity index (χ2n) is 9.56. The highest BCUT2D eigenvalue weighted by Crippen LogP contribution is 2.38. The maximum atomic E-state index is 13.3. The van der Waals surface area contributed by atoms with Gasteiger partial charge in [0.05, 0.1) is 4.90 Å². The first kappa shape index (κ1) is 20.5. The molecule has 0 N–H and O–H groups in total. The molecule has 2 aliphatic carbocycles. The van der Waals surface area contributed by atoms with E-state index >= 15 is 0 Å². The average molecular weight is 432 g/mol. The summed E-state index contributed by atoms with van der Waals surface area (Å²) in [6.07, 6.45) is 8.95. The van der Waals surface area contributed by atoms with Crippen molar-refractivity contribution in [1.29, 1.82) is 0 Å². The van der Waals surface area contributed by atoms with Gasteiger partial charge in [-0.25, -0.2) is 8.42 Å². The van der Waals surface area contributed by atoms with Gasteiger partial charge in [-0.1, -0.05) is 19.3 Å². The van der Waals surface area contributed by atoms with E-state index in [9.17, 15) is 13.2 Å². The van der Waals surface area contributed by atoms with Crippen LogP contribution in [-0.2, 0) is 21.2 Å². The summed E-state index contributed by atoms with van der Waals surface area (Å²) in [6.45, 7) is 4.86. The van der Waals surface area contributed by atoms with Gasteiger partial charge in [0.25, 0.3) is 0 Å². The predicted molar refractivity (Wildman–Crippen MR) is 117 cm³/mol. The molecule has 164 valence electrons. The van der Waals surface area contributed by atoms with Crippen LogP contribution in [0.25, 0.3) is 0 Å². The van der Waals surface area contributed by atoms with Gasteiger partial charge in [0.15, 0.2) is 0 Å². The molecule has 1 atom stereocenters. The largest absolute Gasteiger partial charge is 0.309 e. The second kappa shape index (κ2) is 7.92.